The molecule has 3 rings (SSSR count). The third-order valence-corrected chi connectivity index (χ3v) is 5.55. The number of carbonyl (C=O) groups excluding carboxylic acids is 1. The molecule has 6 heteroatoms. The summed E-state index contributed by atoms with van der Waals surface area (Å²) in [6.45, 7) is 4.65. The molecule has 3 heterocycles. The first-order valence-electron chi connectivity index (χ1n) is 7.26. The van der Waals surface area contributed by atoms with Crippen LogP contribution in [0.3, 0.4) is 0 Å². The highest BCUT2D eigenvalue weighted by atomic mass is 35.5. The lowest BCUT2D eigenvalue weighted by Gasteiger charge is -2.34. The van der Waals surface area contributed by atoms with Gasteiger partial charge in [0.25, 0.3) is 0 Å². The van der Waals surface area contributed by atoms with E-state index in [1.807, 2.05) is 6.20 Å². The number of nitrogens with zero attached hydrogens (tertiary/aromatic N) is 3. The van der Waals surface area contributed by atoms with Gasteiger partial charge in [-0.1, -0.05) is 11.6 Å². The Morgan fingerprint density at radius 2 is 2.15 bits per heavy atom. The van der Waals surface area contributed by atoms with Crippen LogP contribution in [0.4, 0.5) is 0 Å². The summed E-state index contributed by atoms with van der Waals surface area (Å²) in [4.78, 5) is 21.7. The van der Waals surface area contributed by atoms with Crippen molar-refractivity contribution in [2.45, 2.75) is 51.2 Å². The van der Waals surface area contributed by atoms with Gasteiger partial charge in [0.15, 0.2) is 4.47 Å². The van der Waals surface area contributed by atoms with Gasteiger partial charge in [-0.2, -0.15) is 0 Å². The molecule has 1 aromatic rings. The molecule has 0 spiro atoms. The Labute approximate surface area is 128 Å². The van der Waals surface area contributed by atoms with Crippen molar-refractivity contribution in [2.75, 3.05) is 13.1 Å². The number of aromatic nitrogens is 1. The standard InChI is InChI=1S/C14H20ClN3OS/c1-10(19)18-7-3-5-13(18)12-4-2-6-17(12)9-11-8-16-14(15)20-11/h8,12-13H,2-7,9H2,1H3/t12-,13-/m1/s1. The Morgan fingerprint density at radius 1 is 1.40 bits per heavy atom. The van der Waals surface area contributed by atoms with E-state index in [1.165, 1.54) is 17.7 Å². The molecule has 0 radical (unpaired) electrons. The molecule has 0 saturated carbocycles. The van der Waals surface area contributed by atoms with Crippen molar-refractivity contribution in [3.63, 3.8) is 0 Å². The molecule has 2 atom stereocenters. The largest absolute Gasteiger partial charge is 0.338 e. The maximum atomic E-state index is 11.8. The maximum absolute atomic E-state index is 11.8. The summed E-state index contributed by atoms with van der Waals surface area (Å²) in [5.41, 5.74) is 0. The summed E-state index contributed by atoms with van der Waals surface area (Å²) in [5.74, 6) is 0.222. The topological polar surface area (TPSA) is 36.4 Å². The van der Waals surface area contributed by atoms with Crippen molar-refractivity contribution in [2.24, 2.45) is 0 Å². The fraction of sp³-hybridized carbons (Fsp3) is 0.714. The summed E-state index contributed by atoms with van der Waals surface area (Å²) in [7, 11) is 0. The van der Waals surface area contributed by atoms with E-state index in [1.54, 1.807) is 18.3 Å². The highest BCUT2D eigenvalue weighted by molar-refractivity contribution is 7.15. The SMILES string of the molecule is CC(=O)N1CCC[C@@H]1[C@H]1CCCN1Cc1cnc(Cl)s1. The van der Waals surface area contributed by atoms with Crippen LogP contribution in [0.1, 0.15) is 37.5 Å². The first-order valence-corrected chi connectivity index (χ1v) is 8.46. The van der Waals surface area contributed by atoms with Crippen LogP contribution in [0.2, 0.25) is 4.47 Å². The first-order chi connectivity index (χ1) is 9.65. The number of hydrogen-bond donors (Lipinski definition) is 0. The number of amides is 1. The monoisotopic (exact) mass is 313 g/mol. The lowest BCUT2D eigenvalue weighted by atomic mass is 10.0. The zero-order valence-electron chi connectivity index (χ0n) is 11.7. The minimum Gasteiger partial charge on any atom is -0.338 e. The van der Waals surface area contributed by atoms with Crippen molar-refractivity contribution in [1.82, 2.24) is 14.8 Å². The van der Waals surface area contributed by atoms with Gasteiger partial charge in [0.1, 0.15) is 0 Å². The lowest BCUT2D eigenvalue weighted by Crippen LogP contribution is -2.47. The Balaban J connectivity index is 1.70. The molecule has 4 nitrogen and oxygen atoms in total. The van der Waals surface area contributed by atoms with E-state index in [0.29, 0.717) is 16.6 Å². The van der Waals surface area contributed by atoms with Gasteiger partial charge in [-0.25, -0.2) is 4.98 Å². The summed E-state index contributed by atoms with van der Waals surface area (Å²) >= 11 is 7.47. The fourth-order valence-corrected chi connectivity index (χ4v) is 4.63. The molecule has 2 aliphatic rings. The van der Waals surface area contributed by atoms with Crippen molar-refractivity contribution in [3.8, 4) is 0 Å². The average molecular weight is 314 g/mol. The van der Waals surface area contributed by atoms with Gasteiger partial charge in [0.2, 0.25) is 5.91 Å². The molecule has 2 aliphatic heterocycles. The lowest BCUT2D eigenvalue weighted by molar-refractivity contribution is -0.130. The predicted molar refractivity (Wildman–Crippen MR) is 81.0 cm³/mol. The van der Waals surface area contributed by atoms with Crippen molar-refractivity contribution in [3.05, 3.63) is 15.5 Å². The van der Waals surface area contributed by atoms with E-state index in [0.717, 1.165) is 32.5 Å². The molecule has 2 saturated heterocycles. The molecule has 2 fully saturated rings. The van der Waals surface area contributed by atoms with E-state index in [4.69, 9.17) is 11.6 Å². The van der Waals surface area contributed by atoms with E-state index in [2.05, 4.69) is 14.8 Å². The number of likely N-dealkylation sites (tertiary alicyclic amines) is 2. The molecule has 0 aliphatic carbocycles. The van der Waals surface area contributed by atoms with Crippen LogP contribution in [0, 0.1) is 0 Å². The van der Waals surface area contributed by atoms with Crippen molar-refractivity contribution in [1.29, 1.82) is 0 Å². The molecular weight excluding hydrogens is 294 g/mol. The summed E-state index contributed by atoms with van der Waals surface area (Å²) < 4.78 is 0.613. The van der Waals surface area contributed by atoms with Crippen LogP contribution < -0.4 is 0 Å². The summed E-state index contributed by atoms with van der Waals surface area (Å²) in [5, 5.41) is 0. The minimum atomic E-state index is 0.222. The quantitative estimate of drug-likeness (QED) is 0.861. The second-order valence-corrected chi connectivity index (χ2v) is 7.38. The fourth-order valence-electron chi connectivity index (χ4n) is 3.62. The average Bonchev–Trinajstić information content (AvgIpc) is 3.09. The molecule has 1 amide bonds. The molecular formula is C14H20ClN3OS. The molecule has 20 heavy (non-hydrogen) atoms. The number of hydrogen-bond acceptors (Lipinski definition) is 4. The molecule has 110 valence electrons. The Hall–Kier alpha value is -0.650. The van der Waals surface area contributed by atoms with Gasteiger partial charge in [0.05, 0.1) is 0 Å². The summed E-state index contributed by atoms with van der Waals surface area (Å²) in [6.07, 6.45) is 6.57. The molecule has 0 bridgehead atoms. The molecule has 1 aromatic heterocycles. The number of halogens is 1. The third kappa shape index (κ3) is 2.85. The van der Waals surface area contributed by atoms with Gasteiger partial charge in [-0.15, -0.1) is 11.3 Å². The van der Waals surface area contributed by atoms with E-state index >= 15 is 0 Å². The van der Waals surface area contributed by atoms with Crippen LogP contribution in [-0.4, -0.2) is 45.9 Å². The van der Waals surface area contributed by atoms with Crippen LogP contribution in [-0.2, 0) is 11.3 Å². The first kappa shape index (κ1) is 14.3. The van der Waals surface area contributed by atoms with E-state index < -0.39 is 0 Å². The number of rotatable bonds is 3. The Bertz CT molecular complexity index is 493. The van der Waals surface area contributed by atoms with Crippen LogP contribution in [0.15, 0.2) is 6.20 Å². The highest BCUT2D eigenvalue weighted by Gasteiger charge is 2.38. The maximum Gasteiger partial charge on any atom is 0.219 e. The number of carbonyl (C=O) groups is 1. The van der Waals surface area contributed by atoms with Crippen LogP contribution in [0.5, 0.6) is 0 Å². The van der Waals surface area contributed by atoms with Crippen molar-refractivity contribution >= 4 is 28.8 Å². The molecule has 0 N–H and O–H groups in total. The van der Waals surface area contributed by atoms with E-state index in [-0.39, 0.29) is 5.91 Å². The Morgan fingerprint density at radius 3 is 2.85 bits per heavy atom. The predicted octanol–water partition coefficient (Wildman–Crippen LogP) is 2.77. The second kappa shape index (κ2) is 6.00. The van der Waals surface area contributed by atoms with Gasteiger partial charge in [-0.3, -0.25) is 9.69 Å². The van der Waals surface area contributed by atoms with Crippen LogP contribution in [0.25, 0.3) is 0 Å². The second-order valence-electron chi connectivity index (χ2n) is 5.68. The zero-order chi connectivity index (χ0) is 14.1. The van der Waals surface area contributed by atoms with E-state index in [9.17, 15) is 4.79 Å². The third-order valence-electron chi connectivity index (χ3n) is 4.45. The minimum absolute atomic E-state index is 0.222. The van der Waals surface area contributed by atoms with Gasteiger partial charge < -0.3 is 4.90 Å². The zero-order valence-corrected chi connectivity index (χ0v) is 13.3. The number of thiazole rings is 1. The van der Waals surface area contributed by atoms with Gasteiger partial charge in [-0.05, 0) is 32.2 Å². The van der Waals surface area contributed by atoms with Gasteiger partial charge in [0, 0.05) is 43.2 Å². The molecule has 0 unspecified atom stereocenters. The highest BCUT2D eigenvalue weighted by Crippen LogP contribution is 2.32. The molecule has 0 aromatic carbocycles. The summed E-state index contributed by atoms with van der Waals surface area (Å²) in [6, 6.07) is 0.903. The normalized spacial score (nSPS) is 27.4. The van der Waals surface area contributed by atoms with Crippen molar-refractivity contribution < 1.29 is 4.79 Å². The van der Waals surface area contributed by atoms with Crippen LogP contribution >= 0.6 is 22.9 Å². The Kier molecular flexibility index (Phi) is 4.29. The van der Waals surface area contributed by atoms with Gasteiger partial charge >= 0.3 is 0 Å². The smallest absolute Gasteiger partial charge is 0.219 e.